The molecule has 1 heteroatoms. The average molecular weight is 231 g/mol. The fraction of sp³-hybridized carbons (Fsp3) is 0.625. The molecule has 94 valence electrons. The number of nitrogens with one attached hydrogen (secondary N) is 1. The monoisotopic (exact) mass is 231 g/mol. The Kier molecular flexibility index (Phi) is 3.46. The predicted molar refractivity (Wildman–Crippen MR) is 75.6 cm³/mol. The molecule has 1 aromatic carbocycles. The van der Waals surface area contributed by atoms with Crippen LogP contribution in [0.15, 0.2) is 24.3 Å². The molecule has 0 amide bonds. The van der Waals surface area contributed by atoms with Crippen LogP contribution in [0.2, 0.25) is 0 Å². The van der Waals surface area contributed by atoms with E-state index in [0.717, 1.165) is 0 Å². The summed E-state index contributed by atoms with van der Waals surface area (Å²) in [7, 11) is 0. The van der Waals surface area contributed by atoms with Crippen molar-refractivity contribution < 1.29 is 0 Å². The SMILES string of the molecule is CC(C)c1cccc(NC2CCCC2(C)C)c1. The second kappa shape index (κ2) is 4.72. The Bertz CT molecular complexity index is 379. The number of rotatable bonds is 3. The van der Waals surface area contributed by atoms with E-state index in [1.54, 1.807) is 0 Å². The lowest BCUT2D eigenvalue weighted by Crippen LogP contribution is -2.30. The second-order valence-corrected chi connectivity index (χ2v) is 6.36. The van der Waals surface area contributed by atoms with Crippen LogP contribution >= 0.6 is 0 Å². The van der Waals surface area contributed by atoms with Gasteiger partial charge in [-0.3, -0.25) is 0 Å². The van der Waals surface area contributed by atoms with E-state index in [4.69, 9.17) is 0 Å². The summed E-state index contributed by atoms with van der Waals surface area (Å²) in [6.45, 7) is 9.26. The van der Waals surface area contributed by atoms with Gasteiger partial charge in [-0.2, -0.15) is 0 Å². The first kappa shape index (κ1) is 12.5. The minimum atomic E-state index is 0.438. The smallest absolute Gasteiger partial charge is 0.0345 e. The Balaban J connectivity index is 2.11. The third kappa shape index (κ3) is 2.83. The maximum absolute atomic E-state index is 3.73. The van der Waals surface area contributed by atoms with Crippen LogP contribution in [-0.4, -0.2) is 6.04 Å². The molecule has 0 spiro atoms. The van der Waals surface area contributed by atoms with Crippen molar-refractivity contribution in [3.8, 4) is 0 Å². The number of hydrogen-bond acceptors (Lipinski definition) is 1. The van der Waals surface area contributed by atoms with Crippen LogP contribution in [0, 0.1) is 5.41 Å². The van der Waals surface area contributed by atoms with Crippen molar-refractivity contribution in [1.82, 2.24) is 0 Å². The van der Waals surface area contributed by atoms with E-state index in [9.17, 15) is 0 Å². The van der Waals surface area contributed by atoms with Crippen LogP contribution in [-0.2, 0) is 0 Å². The summed E-state index contributed by atoms with van der Waals surface area (Å²) < 4.78 is 0. The molecule has 0 saturated heterocycles. The lowest BCUT2D eigenvalue weighted by atomic mass is 9.87. The van der Waals surface area contributed by atoms with E-state index in [-0.39, 0.29) is 0 Å². The summed E-state index contributed by atoms with van der Waals surface area (Å²) in [4.78, 5) is 0. The van der Waals surface area contributed by atoms with Crippen LogP contribution in [0.4, 0.5) is 5.69 Å². The van der Waals surface area contributed by atoms with Gasteiger partial charge in [0.2, 0.25) is 0 Å². The van der Waals surface area contributed by atoms with Crippen molar-refractivity contribution in [3.63, 3.8) is 0 Å². The first-order valence-corrected chi connectivity index (χ1v) is 6.85. The van der Waals surface area contributed by atoms with Crippen molar-refractivity contribution in [3.05, 3.63) is 29.8 Å². The van der Waals surface area contributed by atoms with Gasteiger partial charge in [0.15, 0.2) is 0 Å². The highest BCUT2D eigenvalue weighted by Crippen LogP contribution is 2.39. The van der Waals surface area contributed by atoms with E-state index in [2.05, 4.69) is 57.3 Å². The van der Waals surface area contributed by atoms with E-state index in [1.807, 2.05) is 0 Å². The Morgan fingerprint density at radius 1 is 1.29 bits per heavy atom. The zero-order valence-electron chi connectivity index (χ0n) is 11.6. The van der Waals surface area contributed by atoms with Gasteiger partial charge in [-0.05, 0) is 41.9 Å². The molecule has 1 aromatic rings. The zero-order chi connectivity index (χ0) is 12.5. The van der Waals surface area contributed by atoms with E-state index in [0.29, 0.717) is 17.4 Å². The van der Waals surface area contributed by atoms with Gasteiger partial charge in [0.05, 0.1) is 0 Å². The van der Waals surface area contributed by atoms with E-state index < -0.39 is 0 Å². The normalized spacial score (nSPS) is 23.0. The second-order valence-electron chi connectivity index (χ2n) is 6.36. The van der Waals surface area contributed by atoms with Gasteiger partial charge < -0.3 is 5.32 Å². The third-order valence-electron chi connectivity index (χ3n) is 4.15. The van der Waals surface area contributed by atoms with Crippen molar-refractivity contribution in [1.29, 1.82) is 0 Å². The van der Waals surface area contributed by atoms with Crippen LogP contribution < -0.4 is 5.32 Å². The molecule has 0 radical (unpaired) electrons. The lowest BCUT2D eigenvalue weighted by molar-refractivity contribution is 0.350. The maximum Gasteiger partial charge on any atom is 0.0345 e. The molecule has 0 heterocycles. The highest BCUT2D eigenvalue weighted by atomic mass is 14.9. The standard InChI is InChI=1S/C16H25N/c1-12(2)13-7-5-8-14(11-13)17-15-9-6-10-16(15,3)4/h5,7-8,11-12,15,17H,6,9-10H2,1-4H3. The summed E-state index contributed by atoms with van der Waals surface area (Å²) in [5.74, 6) is 0.605. The summed E-state index contributed by atoms with van der Waals surface area (Å²) in [5, 5.41) is 3.73. The number of anilines is 1. The quantitative estimate of drug-likeness (QED) is 0.788. The minimum Gasteiger partial charge on any atom is -0.382 e. The Morgan fingerprint density at radius 3 is 2.65 bits per heavy atom. The van der Waals surface area contributed by atoms with Gasteiger partial charge in [0, 0.05) is 11.7 Å². The molecular formula is C16H25N. The molecule has 0 aromatic heterocycles. The van der Waals surface area contributed by atoms with Crippen molar-refractivity contribution in [2.45, 2.75) is 58.9 Å². The highest BCUT2D eigenvalue weighted by Gasteiger charge is 2.34. The molecule has 1 saturated carbocycles. The molecular weight excluding hydrogens is 206 g/mol. The van der Waals surface area contributed by atoms with E-state index in [1.165, 1.54) is 30.5 Å². The zero-order valence-corrected chi connectivity index (χ0v) is 11.6. The van der Waals surface area contributed by atoms with Crippen LogP contribution in [0.1, 0.15) is 58.4 Å². The van der Waals surface area contributed by atoms with Crippen molar-refractivity contribution in [2.75, 3.05) is 5.32 Å². The summed E-state index contributed by atoms with van der Waals surface area (Å²) in [5.41, 5.74) is 3.15. The molecule has 1 fully saturated rings. The average Bonchev–Trinajstić information content (AvgIpc) is 2.59. The van der Waals surface area contributed by atoms with Crippen LogP contribution in [0.5, 0.6) is 0 Å². The first-order chi connectivity index (χ1) is 7.99. The van der Waals surface area contributed by atoms with Gasteiger partial charge in [-0.15, -0.1) is 0 Å². The van der Waals surface area contributed by atoms with Crippen molar-refractivity contribution in [2.24, 2.45) is 5.41 Å². The summed E-state index contributed by atoms with van der Waals surface area (Å²) >= 11 is 0. The van der Waals surface area contributed by atoms with E-state index >= 15 is 0 Å². The molecule has 0 aliphatic heterocycles. The molecule has 1 aliphatic carbocycles. The maximum atomic E-state index is 3.73. The molecule has 0 bridgehead atoms. The minimum absolute atomic E-state index is 0.438. The third-order valence-corrected chi connectivity index (χ3v) is 4.15. The van der Waals surface area contributed by atoms with Gasteiger partial charge in [0.1, 0.15) is 0 Å². The van der Waals surface area contributed by atoms with Gasteiger partial charge in [-0.25, -0.2) is 0 Å². The molecule has 17 heavy (non-hydrogen) atoms. The Labute approximate surface area is 106 Å². The Hall–Kier alpha value is -0.980. The van der Waals surface area contributed by atoms with Crippen LogP contribution in [0.25, 0.3) is 0 Å². The molecule has 1 N–H and O–H groups in total. The summed E-state index contributed by atoms with van der Waals surface area (Å²) in [6, 6.07) is 9.51. The van der Waals surface area contributed by atoms with Gasteiger partial charge >= 0.3 is 0 Å². The molecule has 1 atom stereocenters. The van der Waals surface area contributed by atoms with Crippen molar-refractivity contribution >= 4 is 5.69 Å². The molecule has 1 unspecified atom stereocenters. The lowest BCUT2D eigenvalue weighted by Gasteiger charge is -2.29. The predicted octanol–water partition coefficient (Wildman–Crippen LogP) is 4.80. The molecule has 2 rings (SSSR count). The van der Waals surface area contributed by atoms with Gasteiger partial charge in [0.25, 0.3) is 0 Å². The highest BCUT2D eigenvalue weighted by molar-refractivity contribution is 5.47. The number of hydrogen-bond donors (Lipinski definition) is 1. The molecule has 1 aliphatic rings. The molecule has 1 nitrogen and oxygen atoms in total. The Morgan fingerprint density at radius 2 is 2.06 bits per heavy atom. The van der Waals surface area contributed by atoms with Crippen LogP contribution in [0.3, 0.4) is 0 Å². The largest absolute Gasteiger partial charge is 0.382 e. The topological polar surface area (TPSA) is 12.0 Å². The first-order valence-electron chi connectivity index (χ1n) is 6.85. The van der Waals surface area contributed by atoms with Gasteiger partial charge in [-0.1, -0.05) is 46.2 Å². The fourth-order valence-corrected chi connectivity index (χ4v) is 2.78. The number of benzene rings is 1. The fourth-order valence-electron chi connectivity index (χ4n) is 2.78. The summed E-state index contributed by atoms with van der Waals surface area (Å²) in [6.07, 6.45) is 4.00.